The number of anilines is 2. The summed E-state index contributed by atoms with van der Waals surface area (Å²) < 4.78 is 5.42. The predicted octanol–water partition coefficient (Wildman–Crippen LogP) is 2.40. The number of hydrogen-bond acceptors (Lipinski definition) is 6. The zero-order chi connectivity index (χ0) is 18.4. The third-order valence-electron chi connectivity index (χ3n) is 4.43. The Morgan fingerprint density at radius 1 is 1.04 bits per heavy atom. The molecule has 0 bridgehead atoms. The van der Waals surface area contributed by atoms with Gasteiger partial charge in [-0.05, 0) is 49.9 Å². The third kappa shape index (κ3) is 4.49. The summed E-state index contributed by atoms with van der Waals surface area (Å²) in [6.07, 6.45) is 0. The molecule has 1 saturated heterocycles. The van der Waals surface area contributed by atoms with E-state index >= 15 is 0 Å². The van der Waals surface area contributed by atoms with Crippen LogP contribution in [0.5, 0.6) is 5.75 Å². The SMILES string of the molecule is CCOc1ccc(Nc2ccc(C(=O)N3CCN(CC)CC3)nn2)cc1. The van der Waals surface area contributed by atoms with Crippen molar-refractivity contribution in [1.29, 1.82) is 0 Å². The highest BCUT2D eigenvalue weighted by Crippen LogP contribution is 2.19. The maximum absolute atomic E-state index is 12.5. The van der Waals surface area contributed by atoms with Gasteiger partial charge in [-0.15, -0.1) is 10.2 Å². The Morgan fingerprint density at radius 3 is 2.35 bits per heavy atom. The second-order valence-corrected chi connectivity index (χ2v) is 6.11. The van der Waals surface area contributed by atoms with Gasteiger partial charge in [0.25, 0.3) is 5.91 Å². The summed E-state index contributed by atoms with van der Waals surface area (Å²) >= 11 is 0. The minimum absolute atomic E-state index is 0.0547. The summed E-state index contributed by atoms with van der Waals surface area (Å²) in [5, 5.41) is 11.4. The number of piperazine rings is 1. The van der Waals surface area contributed by atoms with Gasteiger partial charge in [0.1, 0.15) is 5.75 Å². The van der Waals surface area contributed by atoms with E-state index in [4.69, 9.17) is 4.74 Å². The van der Waals surface area contributed by atoms with Crippen LogP contribution in [0.3, 0.4) is 0 Å². The van der Waals surface area contributed by atoms with Crippen LogP contribution in [0.15, 0.2) is 36.4 Å². The van der Waals surface area contributed by atoms with Gasteiger partial charge in [-0.3, -0.25) is 4.79 Å². The number of likely N-dealkylation sites (N-methyl/N-ethyl adjacent to an activating group) is 1. The number of aromatic nitrogens is 2. The average Bonchev–Trinajstić information content (AvgIpc) is 2.70. The molecule has 1 aliphatic rings. The van der Waals surface area contributed by atoms with Crippen LogP contribution >= 0.6 is 0 Å². The van der Waals surface area contributed by atoms with Gasteiger partial charge in [-0.2, -0.15) is 0 Å². The van der Waals surface area contributed by atoms with Crippen molar-refractivity contribution in [3.8, 4) is 5.75 Å². The maximum Gasteiger partial charge on any atom is 0.274 e. The summed E-state index contributed by atoms with van der Waals surface area (Å²) in [4.78, 5) is 16.7. The first-order valence-electron chi connectivity index (χ1n) is 9.05. The van der Waals surface area contributed by atoms with Crippen molar-refractivity contribution in [1.82, 2.24) is 20.0 Å². The summed E-state index contributed by atoms with van der Waals surface area (Å²) in [5.41, 5.74) is 1.27. The van der Waals surface area contributed by atoms with Crippen molar-refractivity contribution in [3.63, 3.8) is 0 Å². The molecule has 0 aliphatic carbocycles. The van der Waals surface area contributed by atoms with Gasteiger partial charge >= 0.3 is 0 Å². The molecule has 7 nitrogen and oxygen atoms in total. The first kappa shape index (κ1) is 18.1. The zero-order valence-electron chi connectivity index (χ0n) is 15.3. The van der Waals surface area contributed by atoms with Gasteiger partial charge < -0.3 is 19.9 Å². The molecule has 1 amide bonds. The molecule has 1 aliphatic heterocycles. The molecule has 1 N–H and O–H groups in total. The van der Waals surface area contributed by atoms with Gasteiger partial charge in [0.2, 0.25) is 0 Å². The van der Waals surface area contributed by atoms with Crippen LogP contribution in [0.1, 0.15) is 24.3 Å². The molecule has 0 radical (unpaired) electrons. The van der Waals surface area contributed by atoms with E-state index in [9.17, 15) is 4.79 Å². The lowest BCUT2D eigenvalue weighted by atomic mass is 10.2. The Morgan fingerprint density at radius 2 is 1.77 bits per heavy atom. The Bertz CT molecular complexity index is 710. The molecule has 1 aromatic carbocycles. The van der Waals surface area contributed by atoms with Crippen LogP contribution in [-0.2, 0) is 0 Å². The number of amides is 1. The molecule has 1 aromatic heterocycles. The Kier molecular flexibility index (Phi) is 6.01. The molecule has 2 aromatic rings. The van der Waals surface area contributed by atoms with Crippen LogP contribution < -0.4 is 10.1 Å². The van der Waals surface area contributed by atoms with E-state index in [2.05, 4.69) is 27.3 Å². The number of ether oxygens (including phenoxy) is 1. The number of hydrogen-bond donors (Lipinski definition) is 1. The summed E-state index contributed by atoms with van der Waals surface area (Å²) in [7, 11) is 0. The molecule has 0 atom stereocenters. The second-order valence-electron chi connectivity index (χ2n) is 6.11. The lowest BCUT2D eigenvalue weighted by molar-refractivity contribution is 0.0636. The standard InChI is InChI=1S/C19H25N5O2/c1-3-23-11-13-24(14-12-23)19(25)17-9-10-18(22-21-17)20-15-5-7-16(8-6-15)26-4-2/h5-10H,3-4,11-14H2,1-2H3,(H,20,22). The molecule has 26 heavy (non-hydrogen) atoms. The molecule has 0 unspecified atom stereocenters. The molecule has 138 valence electrons. The number of rotatable bonds is 6. The Labute approximate surface area is 154 Å². The minimum atomic E-state index is -0.0547. The van der Waals surface area contributed by atoms with Gasteiger partial charge in [0, 0.05) is 31.9 Å². The van der Waals surface area contributed by atoms with Crippen LogP contribution in [0.2, 0.25) is 0 Å². The van der Waals surface area contributed by atoms with E-state index in [1.165, 1.54) is 0 Å². The fraction of sp³-hybridized carbons (Fsp3) is 0.421. The van der Waals surface area contributed by atoms with Crippen LogP contribution in [-0.4, -0.2) is 65.2 Å². The smallest absolute Gasteiger partial charge is 0.274 e. The molecule has 2 heterocycles. The lowest BCUT2D eigenvalue weighted by Crippen LogP contribution is -2.48. The highest BCUT2D eigenvalue weighted by atomic mass is 16.5. The number of benzene rings is 1. The monoisotopic (exact) mass is 355 g/mol. The average molecular weight is 355 g/mol. The van der Waals surface area contributed by atoms with Gasteiger partial charge in [-0.25, -0.2) is 0 Å². The molecular weight excluding hydrogens is 330 g/mol. The molecule has 0 saturated carbocycles. The molecule has 3 rings (SSSR count). The Hall–Kier alpha value is -2.67. The highest BCUT2D eigenvalue weighted by Gasteiger charge is 2.22. The van der Waals surface area contributed by atoms with E-state index in [1.54, 1.807) is 12.1 Å². The van der Waals surface area contributed by atoms with Gasteiger partial charge in [0.15, 0.2) is 11.5 Å². The number of carbonyl (C=O) groups excluding carboxylic acids is 1. The Balaban J connectivity index is 1.58. The first-order valence-corrected chi connectivity index (χ1v) is 9.05. The van der Waals surface area contributed by atoms with Crippen molar-refractivity contribution < 1.29 is 9.53 Å². The van der Waals surface area contributed by atoms with E-state index in [1.807, 2.05) is 36.1 Å². The number of carbonyl (C=O) groups is 1. The van der Waals surface area contributed by atoms with E-state index in [0.29, 0.717) is 18.1 Å². The van der Waals surface area contributed by atoms with E-state index < -0.39 is 0 Å². The summed E-state index contributed by atoms with van der Waals surface area (Å²) in [5.74, 6) is 1.37. The van der Waals surface area contributed by atoms with Crippen molar-refractivity contribution in [2.24, 2.45) is 0 Å². The molecule has 1 fully saturated rings. The maximum atomic E-state index is 12.5. The van der Waals surface area contributed by atoms with Crippen molar-refractivity contribution in [2.75, 3.05) is 44.6 Å². The van der Waals surface area contributed by atoms with Crippen molar-refractivity contribution in [3.05, 3.63) is 42.1 Å². The fourth-order valence-electron chi connectivity index (χ4n) is 2.89. The largest absolute Gasteiger partial charge is 0.494 e. The van der Waals surface area contributed by atoms with Crippen molar-refractivity contribution >= 4 is 17.4 Å². The number of nitrogens with zero attached hydrogens (tertiary/aromatic N) is 4. The minimum Gasteiger partial charge on any atom is -0.494 e. The molecule has 7 heteroatoms. The van der Waals surface area contributed by atoms with Crippen LogP contribution in [0, 0.1) is 0 Å². The lowest BCUT2D eigenvalue weighted by Gasteiger charge is -2.33. The fourth-order valence-corrected chi connectivity index (χ4v) is 2.89. The summed E-state index contributed by atoms with van der Waals surface area (Å²) in [6.45, 7) is 9.05. The quantitative estimate of drug-likeness (QED) is 0.858. The summed E-state index contributed by atoms with van der Waals surface area (Å²) in [6, 6.07) is 11.1. The normalized spacial score (nSPS) is 14.9. The second kappa shape index (κ2) is 8.62. The van der Waals surface area contributed by atoms with Crippen LogP contribution in [0.25, 0.3) is 0 Å². The number of nitrogens with one attached hydrogen (secondary N) is 1. The first-order chi connectivity index (χ1) is 12.7. The van der Waals surface area contributed by atoms with Gasteiger partial charge in [-0.1, -0.05) is 6.92 Å². The third-order valence-corrected chi connectivity index (χ3v) is 4.43. The van der Waals surface area contributed by atoms with Crippen molar-refractivity contribution in [2.45, 2.75) is 13.8 Å². The van der Waals surface area contributed by atoms with E-state index in [0.717, 1.165) is 44.2 Å². The predicted molar refractivity (Wildman–Crippen MR) is 101 cm³/mol. The zero-order valence-corrected chi connectivity index (χ0v) is 15.3. The van der Waals surface area contributed by atoms with Crippen LogP contribution in [0.4, 0.5) is 11.5 Å². The van der Waals surface area contributed by atoms with E-state index in [-0.39, 0.29) is 5.91 Å². The highest BCUT2D eigenvalue weighted by molar-refractivity contribution is 5.92. The molecular formula is C19H25N5O2. The van der Waals surface area contributed by atoms with Gasteiger partial charge in [0.05, 0.1) is 6.61 Å². The topological polar surface area (TPSA) is 70.6 Å². The molecule has 0 spiro atoms.